The fourth-order valence-corrected chi connectivity index (χ4v) is 5.77. The van der Waals surface area contributed by atoms with E-state index >= 15 is 0 Å². The zero-order valence-corrected chi connectivity index (χ0v) is 16.1. The van der Waals surface area contributed by atoms with Gasteiger partial charge in [-0.25, -0.2) is 13.4 Å². The third-order valence-electron chi connectivity index (χ3n) is 5.58. The minimum atomic E-state index is -4.43. The number of likely N-dealkylation sites (tertiary alicyclic amines) is 1. The van der Waals surface area contributed by atoms with E-state index in [9.17, 15) is 26.4 Å². The van der Waals surface area contributed by atoms with E-state index in [1.807, 2.05) is 0 Å². The number of amidine groups is 1. The molecule has 3 aliphatic heterocycles. The van der Waals surface area contributed by atoms with Crippen molar-refractivity contribution in [3.8, 4) is 0 Å². The van der Waals surface area contributed by atoms with E-state index in [0.29, 0.717) is 18.4 Å². The third kappa shape index (κ3) is 3.61. The SMILES string of the molecule is N=C1N=C(C(=O)N2CCC(c3ccccc3C(F)(F)F)CC2)C2=C1CS(=O)(=O)C2. The summed E-state index contributed by atoms with van der Waals surface area (Å²) in [5, 5.41) is 7.83. The maximum absolute atomic E-state index is 13.3. The first kappa shape index (κ1) is 19.8. The first-order valence-electron chi connectivity index (χ1n) is 9.12. The summed E-state index contributed by atoms with van der Waals surface area (Å²) < 4.78 is 63.5. The quantitative estimate of drug-likeness (QED) is 0.790. The summed E-state index contributed by atoms with van der Waals surface area (Å²) in [4.78, 5) is 18.3. The number of nitrogens with one attached hydrogen (secondary N) is 1. The zero-order valence-electron chi connectivity index (χ0n) is 15.3. The fraction of sp³-hybridized carbons (Fsp3) is 0.421. The maximum atomic E-state index is 13.3. The molecule has 0 unspecified atom stereocenters. The molecular weight excluding hydrogens is 407 g/mol. The molecule has 1 aromatic rings. The first-order valence-corrected chi connectivity index (χ1v) is 10.9. The van der Waals surface area contributed by atoms with Gasteiger partial charge in [-0.2, -0.15) is 13.2 Å². The molecule has 1 amide bonds. The van der Waals surface area contributed by atoms with Gasteiger partial charge in [0.05, 0.1) is 17.1 Å². The molecule has 3 heterocycles. The summed E-state index contributed by atoms with van der Waals surface area (Å²) in [7, 11) is -3.37. The van der Waals surface area contributed by atoms with E-state index in [4.69, 9.17) is 5.41 Å². The summed E-state index contributed by atoms with van der Waals surface area (Å²) in [5.41, 5.74) is 0.149. The molecule has 154 valence electrons. The lowest BCUT2D eigenvalue weighted by atomic mass is 9.86. The van der Waals surface area contributed by atoms with Gasteiger partial charge in [0.1, 0.15) is 11.5 Å². The number of carbonyl (C=O) groups excluding carboxylic acids is 1. The Morgan fingerprint density at radius 1 is 1.10 bits per heavy atom. The summed E-state index contributed by atoms with van der Waals surface area (Å²) in [6.07, 6.45) is -3.69. The Morgan fingerprint density at radius 2 is 1.72 bits per heavy atom. The second-order valence-electron chi connectivity index (χ2n) is 7.45. The van der Waals surface area contributed by atoms with E-state index in [1.165, 1.54) is 17.0 Å². The molecule has 1 N–H and O–H groups in total. The summed E-state index contributed by atoms with van der Waals surface area (Å²) in [6, 6.07) is 5.49. The van der Waals surface area contributed by atoms with Crippen molar-refractivity contribution in [2.45, 2.75) is 24.9 Å². The van der Waals surface area contributed by atoms with Crippen molar-refractivity contribution >= 4 is 27.3 Å². The molecule has 0 aromatic heterocycles. The number of sulfone groups is 1. The second kappa shape index (κ2) is 6.79. The monoisotopic (exact) mass is 425 g/mol. The van der Waals surface area contributed by atoms with E-state index in [-0.39, 0.29) is 53.2 Å². The Bertz CT molecular complexity index is 1070. The number of hydrogen-bond acceptors (Lipinski definition) is 4. The van der Waals surface area contributed by atoms with Crippen LogP contribution in [0.25, 0.3) is 0 Å². The molecule has 1 fully saturated rings. The predicted molar refractivity (Wildman–Crippen MR) is 101 cm³/mol. The molecule has 6 nitrogen and oxygen atoms in total. The van der Waals surface area contributed by atoms with Gasteiger partial charge in [0, 0.05) is 24.2 Å². The zero-order chi connectivity index (χ0) is 21.0. The number of rotatable bonds is 2. The number of nitrogens with zero attached hydrogens (tertiary/aromatic N) is 2. The number of benzene rings is 1. The molecule has 0 aliphatic carbocycles. The van der Waals surface area contributed by atoms with E-state index in [1.54, 1.807) is 6.07 Å². The smallest absolute Gasteiger partial charge is 0.337 e. The van der Waals surface area contributed by atoms with Gasteiger partial charge < -0.3 is 4.90 Å². The number of carbonyl (C=O) groups is 1. The van der Waals surface area contributed by atoms with Gasteiger partial charge in [-0.15, -0.1) is 0 Å². The minimum absolute atomic E-state index is 0.0137. The molecule has 0 radical (unpaired) electrons. The Hall–Kier alpha value is -2.49. The van der Waals surface area contributed by atoms with E-state index < -0.39 is 27.5 Å². The summed E-state index contributed by atoms with van der Waals surface area (Å²) >= 11 is 0. The second-order valence-corrected chi connectivity index (χ2v) is 9.51. The Labute approximate surface area is 165 Å². The average molecular weight is 425 g/mol. The number of aliphatic imine (C=N–C) groups is 1. The van der Waals surface area contributed by atoms with Crippen LogP contribution in [0.4, 0.5) is 13.2 Å². The van der Waals surface area contributed by atoms with Crippen LogP contribution in [0.15, 0.2) is 40.4 Å². The van der Waals surface area contributed by atoms with Gasteiger partial charge in [0.2, 0.25) is 0 Å². The normalized spacial score (nSPS) is 22.1. The number of halogens is 3. The highest BCUT2D eigenvalue weighted by atomic mass is 32.2. The van der Waals surface area contributed by atoms with Crippen LogP contribution in [0.3, 0.4) is 0 Å². The molecule has 1 saturated heterocycles. The topological polar surface area (TPSA) is 90.7 Å². The minimum Gasteiger partial charge on any atom is -0.337 e. The Kier molecular flexibility index (Phi) is 4.64. The number of alkyl halides is 3. The Balaban J connectivity index is 1.48. The van der Waals surface area contributed by atoms with Crippen LogP contribution in [-0.2, 0) is 20.8 Å². The Morgan fingerprint density at radius 3 is 2.38 bits per heavy atom. The molecule has 3 aliphatic rings. The van der Waals surface area contributed by atoms with E-state index in [0.717, 1.165) is 6.07 Å². The van der Waals surface area contributed by atoms with Crippen LogP contribution in [0.5, 0.6) is 0 Å². The fourth-order valence-electron chi connectivity index (χ4n) is 4.17. The van der Waals surface area contributed by atoms with Gasteiger partial charge in [0.25, 0.3) is 5.91 Å². The van der Waals surface area contributed by atoms with Crippen molar-refractivity contribution in [3.05, 3.63) is 46.5 Å². The molecule has 0 bridgehead atoms. The summed E-state index contributed by atoms with van der Waals surface area (Å²) in [6.45, 7) is 0.495. The standard InChI is InChI=1S/C19H18F3N3O3S/c20-19(21,22)15-4-2-1-3-12(15)11-5-7-25(8-6-11)18(26)16-13-9-29(27,28)10-14(13)17(23)24-16/h1-4,11,23H,5-10H2. The molecular formula is C19H18F3N3O3S. The van der Waals surface area contributed by atoms with Crippen LogP contribution in [0.1, 0.15) is 29.9 Å². The molecule has 0 spiro atoms. The lowest BCUT2D eigenvalue weighted by Crippen LogP contribution is -2.42. The van der Waals surface area contributed by atoms with Crippen molar-refractivity contribution in [3.63, 3.8) is 0 Å². The van der Waals surface area contributed by atoms with Gasteiger partial charge >= 0.3 is 6.18 Å². The number of amides is 1. The van der Waals surface area contributed by atoms with Crippen LogP contribution >= 0.6 is 0 Å². The largest absolute Gasteiger partial charge is 0.416 e. The predicted octanol–water partition coefficient (Wildman–Crippen LogP) is 2.57. The molecule has 10 heteroatoms. The van der Waals surface area contributed by atoms with Crippen LogP contribution in [0.2, 0.25) is 0 Å². The average Bonchev–Trinajstić information content (AvgIpc) is 3.14. The summed E-state index contributed by atoms with van der Waals surface area (Å²) in [5.74, 6) is -1.55. The van der Waals surface area contributed by atoms with E-state index in [2.05, 4.69) is 4.99 Å². The maximum Gasteiger partial charge on any atom is 0.416 e. The van der Waals surface area contributed by atoms with Gasteiger partial charge in [-0.1, -0.05) is 18.2 Å². The lowest BCUT2D eigenvalue weighted by molar-refractivity contribution is -0.138. The van der Waals surface area contributed by atoms with Crippen molar-refractivity contribution in [2.24, 2.45) is 4.99 Å². The first-order chi connectivity index (χ1) is 13.6. The molecule has 1 aromatic carbocycles. The van der Waals surface area contributed by atoms with Gasteiger partial charge in [-0.3, -0.25) is 10.2 Å². The van der Waals surface area contributed by atoms with Crippen molar-refractivity contribution in [2.75, 3.05) is 24.6 Å². The highest BCUT2D eigenvalue weighted by Gasteiger charge is 2.41. The number of piperidine rings is 1. The van der Waals surface area contributed by atoms with Crippen molar-refractivity contribution in [1.29, 1.82) is 5.41 Å². The van der Waals surface area contributed by atoms with Crippen molar-refractivity contribution in [1.82, 2.24) is 4.90 Å². The van der Waals surface area contributed by atoms with Gasteiger partial charge in [-0.05, 0) is 30.4 Å². The number of hydrogen-bond donors (Lipinski definition) is 1. The molecule has 29 heavy (non-hydrogen) atoms. The van der Waals surface area contributed by atoms with Crippen LogP contribution < -0.4 is 0 Å². The van der Waals surface area contributed by atoms with Gasteiger partial charge in [0.15, 0.2) is 9.84 Å². The third-order valence-corrected chi connectivity index (χ3v) is 7.04. The van der Waals surface area contributed by atoms with Crippen LogP contribution in [-0.4, -0.2) is 55.4 Å². The van der Waals surface area contributed by atoms with Crippen molar-refractivity contribution < 1.29 is 26.4 Å². The molecule has 0 saturated carbocycles. The van der Waals surface area contributed by atoms with Crippen LogP contribution in [0, 0.1) is 5.41 Å². The highest BCUT2D eigenvalue weighted by molar-refractivity contribution is 7.92. The molecule has 4 rings (SSSR count). The molecule has 0 atom stereocenters. The lowest BCUT2D eigenvalue weighted by Gasteiger charge is -2.33. The highest BCUT2D eigenvalue weighted by Crippen LogP contribution is 2.39.